The molecule has 8 heavy (non-hydrogen) atoms. The van der Waals surface area contributed by atoms with Gasteiger partial charge in [0.2, 0.25) is 0 Å². The molecule has 0 fully saturated rings. The van der Waals surface area contributed by atoms with Crippen LogP contribution in [0.15, 0.2) is 17.5 Å². The van der Waals surface area contributed by atoms with Gasteiger partial charge in [-0.25, -0.2) is 4.79 Å². The lowest BCUT2D eigenvalue weighted by Crippen LogP contribution is -1.89. The number of hydrogen-bond acceptors (Lipinski definition) is 2. The van der Waals surface area contributed by atoms with E-state index < -0.39 is 5.97 Å². The number of hydrogen-bond donors (Lipinski definition) is 1. The minimum atomic E-state index is -0.847. The third kappa shape index (κ3) is 0.869. The third-order valence-corrected chi connectivity index (χ3v) is 1.59. The van der Waals surface area contributed by atoms with Crippen molar-refractivity contribution < 1.29 is 9.90 Å². The maximum Gasteiger partial charge on any atom is 0.345 e. The van der Waals surface area contributed by atoms with Crippen LogP contribution in [-0.2, 0) is 0 Å². The van der Waals surface area contributed by atoms with Crippen LogP contribution >= 0.6 is 11.3 Å². The van der Waals surface area contributed by atoms with Crippen LogP contribution in [0.1, 0.15) is 9.67 Å². The first-order valence-electron chi connectivity index (χ1n) is 2.07. The molecule has 1 rings (SSSR count). The zero-order valence-electron chi connectivity index (χ0n) is 4.00. The van der Waals surface area contributed by atoms with E-state index in [0.29, 0.717) is 4.88 Å². The van der Waals surface area contributed by atoms with E-state index in [9.17, 15) is 4.79 Å². The van der Waals surface area contributed by atoms with Gasteiger partial charge < -0.3 is 5.11 Å². The Morgan fingerprint density at radius 2 is 2.50 bits per heavy atom. The second-order valence-electron chi connectivity index (χ2n) is 1.28. The maximum atomic E-state index is 10.1. The van der Waals surface area contributed by atoms with Crippen molar-refractivity contribution >= 4 is 17.3 Å². The highest BCUT2D eigenvalue weighted by atomic mass is 32.1. The molecule has 1 N–H and O–H groups in total. The summed E-state index contributed by atoms with van der Waals surface area (Å²) in [6.45, 7) is 0. The first kappa shape index (κ1) is 5.31. The zero-order chi connectivity index (χ0) is 5.98. The smallest absolute Gasteiger partial charge is 0.345 e. The largest absolute Gasteiger partial charge is 0.477 e. The molecule has 0 aliphatic carbocycles. The third-order valence-electron chi connectivity index (χ3n) is 0.732. The highest BCUT2D eigenvalue weighted by Crippen LogP contribution is 2.06. The number of carbonyl (C=O) groups is 1. The Morgan fingerprint density at radius 1 is 1.75 bits per heavy atom. The van der Waals surface area contributed by atoms with Crippen LogP contribution in [0.4, 0.5) is 0 Å². The average molecular weight is 130 g/mol. The van der Waals surface area contributed by atoms with Gasteiger partial charge in [-0.1, -0.05) is 6.07 Å². The highest BCUT2D eigenvalue weighted by molar-refractivity contribution is 7.11. The van der Waals surface area contributed by atoms with Gasteiger partial charge in [-0.2, -0.15) is 0 Å². The molecule has 42 valence electrons. The number of aromatic carboxylic acids is 1. The molecule has 0 saturated carbocycles. The van der Waals surface area contributed by atoms with Crippen molar-refractivity contribution in [1.29, 1.82) is 0 Å². The minimum Gasteiger partial charge on any atom is -0.477 e. The first-order valence-corrected chi connectivity index (χ1v) is 2.95. The molecule has 0 aliphatic heterocycles. The summed E-state index contributed by atoms with van der Waals surface area (Å²) in [6.07, 6.45) is 0. The molecule has 0 atom stereocenters. The van der Waals surface area contributed by atoms with Crippen LogP contribution in [0.5, 0.6) is 0 Å². The van der Waals surface area contributed by atoms with Crippen molar-refractivity contribution in [2.24, 2.45) is 0 Å². The SMILES string of the molecule is O=[13C](O)[13c]1cccs1. The van der Waals surface area contributed by atoms with E-state index in [-0.39, 0.29) is 0 Å². The number of thiophene rings is 1. The number of rotatable bonds is 1. The van der Waals surface area contributed by atoms with E-state index in [1.54, 1.807) is 17.5 Å². The lowest BCUT2D eigenvalue weighted by Gasteiger charge is -1.78. The molecule has 0 amide bonds. The predicted octanol–water partition coefficient (Wildman–Crippen LogP) is 1.45. The summed E-state index contributed by atoms with van der Waals surface area (Å²) in [7, 11) is 0. The lowest BCUT2D eigenvalue weighted by atomic mass is 10.7. The molecule has 1 aromatic heterocycles. The van der Waals surface area contributed by atoms with Crippen LogP contribution in [0.3, 0.4) is 0 Å². The molecule has 2 nitrogen and oxygen atoms in total. The topological polar surface area (TPSA) is 37.3 Å². The van der Waals surface area contributed by atoms with Crippen molar-refractivity contribution in [1.82, 2.24) is 0 Å². The Balaban J connectivity index is 2.93. The monoisotopic (exact) mass is 130 g/mol. The fourth-order valence-corrected chi connectivity index (χ4v) is 0.962. The Kier molecular flexibility index (Phi) is 1.30. The van der Waals surface area contributed by atoms with Gasteiger partial charge in [0.25, 0.3) is 0 Å². The molecule has 0 spiro atoms. The van der Waals surface area contributed by atoms with Gasteiger partial charge in [0.05, 0.1) is 0 Å². The summed E-state index contributed by atoms with van der Waals surface area (Å²) in [4.78, 5) is 10.5. The molecule has 0 radical (unpaired) electrons. The number of carboxylic acids is 1. The quantitative estimate of drug-likeness (QED) is 0.584. The molecule has 0 bridgehead atoms. The van der Waals surface area contributed by atoms with E-state index in [4.69, 9.17) is 5.11 Å². The summed E-state index contributed by atoms with van der Waals surface area (Å²) >= 11 is 1.23. The fraction of sp³-hybridized carbons (Fsp3) is 0. The van der Waals surface area contributed by atoms with Crippen LogP contribution in [0.2, 0.25) is 0 Å². The summed E-state index contributed by atoms with van der Waals surface area (Å²) < 4.78 is 0. The van der Waals surface area contributed by atoms with Gasteiger partial charge in [0.1, 0.15) is 4.88 Å². The summed E-state index contributed by atoms with van der Waals surface area (Å²) in [6, 6.07) is 3.29. The molecular formula is C5H4O2S. The predicted molar refractivity (Wildman–Crippen MR) is 31.3 cm³/mol. The van der Waals surface area contributed by atoms with Gasteiger partial charge in [0.15, 0.2) is 0 Å². The van der Waals surface area contributed by atoms with Gasteiger partial charge >= 0.3 is 5.97 Å². The molecule has 0 aromatic carbocycles. The van der Waals surface area contributed by atoms with E-state index in [0.717, 1.165) is 0 Å². The molecule has 0 saturated heterocycles. The van der Waals surface area contributed by atoms with Crippen LogP contribution < -0.4 is 0 Å². The van der Waals surface area contributed by atoms with Crippen molar-refractivity contribution in [2.45, 2.75) is 0 Å². The maximum absolute atomic E-state index is 10.1. The zero-order valence-corrected chi connectivity index (χ0v) is 4.81. The molecular weight excluding hydrogens is 126 g/mol. The lowest BCUT2D eigenvalue weighted by molar-refractivity contribution is 0.0702. The van der Waals surface area contributed by atoms with Gasteiger partial charge in [0, 0.05) is 0 Å². The van der Waals surface area contributed by atoms with Crippen LogP contribution in [-0.4, -0.2) is 11.1 Å². The second-order valence-corrected chi connectivity index (χ2v) is 2.23. The minimum absolute atomic E-state index is 0.394. The van der Waals surface area contributed by atoms with E-state index in [2.05, 4.69) is 0 Å². The summed E-state index contributed by atoms with van der Waals surface area (Å²) in [5, 5.41) is 10.0. The molecule has 3 heteroatoms. The standard InChI is InChI=1S/C5H4O2S/c6-5(7)4-2-1-3-8-4/h1-3H,(H,6,7)/i4+1,5+1. The van der Waals surface area contributed by atoms with Gasteiger partial charge in [-0.05, 0) is 11.4 Å². The Bertz CT molecular complexity index is 178. The Morgan fingerprint density at radius 3 is 2.75 bits per heavy atom. The van der Waals surface area contributed by atoms with Crippen molar-refractivity contribution in [3.05, 3.63) is 22.4 Å². The van der Waals surface area contributed by atoms with Gasteiger partial charge in [-0.3, -0.25) is 0 Å². The molecule has 0 aliphatic rings. The second kappa shape index (κ2) is 1.96. The molecule has 0 unspecified atom stereocenters. The molecule has 1 heterocycles. The summed E-state index contributed by atoms with van der Waals surface area (Å²) in [5.41, 5.74) is 0. The van der Waals surface area contributed by atoms with Crippen LogP contribution in [0, 0.1) is 0 Å². The van der Waals surface area contributed by atoms with E-state index in [1.165, 1.54) is 11.3 Å². The first-order chi connectivity index (χ1) is 3.80. The van der Waals surface area contributed by atoms with Crippen molar-refractivity contribution in [2.75, 3.05) is 0 Å². The van der Waals surface area contributed by atoms with Crippen LogP contribution in [0.25, 0.3) is 0 Å². The summed E-state index contributed by atoms with van der Waals surface area (Å²) in [5.74, 6) is -0.847. The Labute approximate surface area is 50.4 Å². The van der Waals surface area contributed by atoms with E-state index >= 15 is 0 Å². The molecule has 1 aromatic rings. The number of carboxylic acid groups (broad SMARTS) is 1. The average Bonchev–Trinajstić information content (AvgIpc) is 2.12. The van der Waals surface area contributed by atoms with Crippen molar-refractivity contribution in [3.8, 4) is 0 Å². The van der Waals surface area contributed by atoms with Gasteiger partial charge in [-0.15, -0.1) is 11.3 Å². The fourth-order valence-electron chi connectivity index (χ4n) is 0.400. The van der Waals surface area contributed by atoms with E-state index in [1.807, 2.05) is 0 Å². The van der Waals surface area contributed by atoms with Crippen molar-refractivity contribution in [3.63, 3.8) is 0 Å². The normalized spacial score (nSPS) is 9.00. The highest BCUT2D eigenvalue weighted by Gasteiger charge is 1.99. The Hall–Kier alpha value is -0.830.